The number of esters is 3. The molecule has 3 N–H and O–H groups in total. The fraction of sp³-hybridized carbons (Fsp3) is 0.161. The molecule has 1 saturated heterocycles. The Morgan fingerprint density at radius 2 is 1.32 bits per heavy atom. The minimum Gasteiger partial charge on any atom is -0.459 e. The topological polar surface area (TPSA) is 178 Å². The van der Waals surface area contributed by atoms with E-state index in [9.17, 15) is 19.2 Å². The van der Waals surface area contributed by atoms with Crippen LogP contribution in [0.3, 0.4) is 0 Å². The Hall–Kier alpha value is -5.82. The zero-order valence-corrected chi connectivity index (χ0v) is 22.9. The molecule has 3 aromatic carbocycles. The molecule has 4 atom stereocenters. The molecule has 0 saturated carbocycles. The summed E-state index contributed by atoms with van der Waals surface area (Å²) in [4.78, 5) is 54.4. The lowest BCUT2D eigenvalue weighted by Gasteiger charge is -2.24. The van der Waals surface area contributed by atoms with Crippen LogP contribution in [0.25, 0.3) is 11.0 Å². The van der Waals surface area contributed by atoms with Gasteiger partial charge in [-0.2, -0.15) is 0 Å². The van der Waals surface area contributed by atoms with Gasteiger partial charge in [0.25, 0.3) is 5.56 Å². The van der Waals surface area contributed by atoms with E-state index in [2.05, 4.69) is 15.3 Å². The maximum Gasteiger partial charge on any atom is 0.338 e. The Morgan fingerprint density at radius 3 is 1.89 bits per heavy atom. The average Bonchev–Trinajstić information content (AvgIpc) is 3.62. The van der Waals surface area contributed by atoms with Crippen LogP contribution in [0.15, 0.2) is 102 Å². The molecule has 3 heterocycles. The Morgan fingerprint density at radius 1 is 0.795 bits per heavy atom. The number of aromatic amines is 1. The molecule has 0 unspecified atom stereocenters. The number of nitrogen functional groups attached to an aromatic ring is 1. The molecule has 2 aromatic heterocycles. The number of benzene rings is 3. The number of nitrogens with two attached hydrogens (primary N) is 1. The van der Waals surface area contributed by atoms with Crippen molar-refractivity contribution in [3.8, 4) is 0 Å². The van der Waals surface area contributed by atoms with E-state index >= 15 is 0 Å². The molecule has 5 aromatic rings. The van der Waals surface area contributed by atoms with E-state index in [1.165, 1.54) is 10.7 Å². The van der Waals surface area contributed by atoms with Gasteiger partial charge < -0.3 is 29.7 Å². The van der Waals surface area contributed by atoms with Crippen molar-refractivity contribution in [2.45, 2.75) is 24.5 Å². The molecule has 6 rings (SSSR count). The van der Waals surface area contributed by atoms with Gasteiger partial charge in [0, 0.05) is 6.07 Å². The van der Waals surface area contributed by atoms with Gasteiger partial charge in [0.05, 0.1) is 16.7 Å². The molecule has 0 bridgehead atoms. The number of ether oxygens (including phenoxy) is 4. The van der Waals surface area contributed by atoms with Gasteiger partial charge in [-0.25, -0.2) is 19.1 Å². The van der Waals surface area contributed by atoms with E-state index in [1.807, 2.05) is 0 Å². The van der Waals surface area contributed by atoms with Crippen molar-refractivity contribution in [2.75, 3.05) is 12.3 Å². The monoisotopic (exact) mass is 595 g/mol. The SMILES string of the molecule is Nc1cc2c(nnn2[C@@H]2O[C@H](COC(=O)c3ccccc3)[C@@H](OC(=O)c3ccccc3)[C@H]2OC(=O)c2ccccc2)c(=O)[nH]1. The van der Waals surface area contributed by atoms with Crippen LogP contribution >= 0.6 is 0 Å². The zero-order valence-electron chi connectivity index (χ0n) is 22.9. The number of hydrogen-bond donors (Lipinski definition) is 2. The molecule has 222 valence electrons. The predicted molar refractivity (Wildman–Crippen MR) is 154 cm³/mol. The zero-order chi connectivity index (χ0) is 30.6. The second kappa shape index (κ2) is 12.2. The van der Waals surface area contributed by atoms with Crippen LogP contribution in [-0.2, 0) is 18.9 Å². The first kappa shape index (κ1) is 28.3. The molecule has 1 aliphatic heterocycles. The maximum atomic E-state index is 13.3. The quantitative estimate of drug-likeness (QED) is 0.199. The summed E-state index contributed by atoms with van der Waals surface area (Å²) in [5, 5.41) is 8.03. The first-order valence-corrected chi connectivity index (χ1v) is 13.5. The molecule has 13 nitrogen and oxygen atoms in total. The summed E-state index contributed by atoms with van der Waals surface area (Å²) in [7, 11) is 0. The number of nitrogens with one attached hydrogen (secondary N) is 1. The summed E-state index contributed by atoms with van der Waals surface area (Å²) in [5.74, 6) is -2.09. The van der Waals surface area contributed by atoms with Crippen molar-refractivity contribution < 1.29 is 33.3 Å². The smallest absolute Gasteiger partial charge is 0.338 e. The van der Waals surface area contributed by atoms with Crippen LogP contribution < -0.4 is 11.3 Å². The third-order valence-electron chi connectivity index (χ3n) is 6.92. The second-order valence-corrected chi connectivity index (χ2v) is 9.82. The largest absolute Gasteiger partial charge is 0.459 e. The van der Waals surface area contributed by atoms with Gasteiger partial charge in [0.2, 0.25) is 0 Å². The van der Waals surface area contributed by atoms with Gasteiger partial charge in [-0.05, 0) is 36.4 Å². The van der Waals surface area contributed by atoms with Crippen LogP contribution in [0.2, 0.25) is 0 Å². The third-order valence-corrected chi connectivity index (χ3v) is 6.92. The summed E-state index contributed by atoms with van der Waals surface area (Å²) in [5.41, 5.74) is 6.17. The Kier molecular flexibility index (Phi) is 7.84. The van der Waals surface area contributed by atoms with Crippen LogP contribution in [0.5, 0.6) is 0 Å². The number of nitrogens with zero attached hydrogens (tertiary/aromatic N) is 3. The molecule has 1 fully saturated rings. The molecule has 0 spiro atoms. The number of carbonyl (C=O) groups is 3. The second-order valence-electron chi connectivity index (χ2n) is 9.82. The number of hydrogen-bond acceptors (Lipinski definition) is 11. The number of fused-ring (bicyclic) bond motifs is 1. The normalized spacial score (nSPS) is 19.4. The van der Waals surface area contributed by atoms with Crippen LogP contribution in [0.4, 0.5) is 5.82 Å². The molecule has 1 aliphatic rings. The number of aromatic nitrogens is 4. The highest BCUT2D eigenvalue weighted by Gasteiger charge is 2.52. The molecule has 0 aliphatic carbocycles. The van der Waals surface area contributed by atoms with Crippen molar-refractivity contribution in [3.63, 3.8) is 0 Å². The fourth-order valence-corrected chi connectivity index (χ4v) is 4.81. The van der Waals surface area contributed by atoms with Gasteiger partial charge in [0.1, 0.15) is 24.0 Å². The van der Waals surface area contributed by atoms with E-state index in [0.717, 1.165) is 0 Å². The summed E-state index contributed by atoms with van der Waals surface area (Å²) in [6.07, 6.45) is -5.03. The highest BCUT2D eigenvalue weighted by Crippen LogP contribution is 2.36. The maximum absolute atomic E-state index is 13.3. The summed E-state index contributed by atoms with van der Waals surface area (Å²) >= 11 is 0. The number of rotatable bonds is 8. The van der Waals surface area contributed by atoms with E-state index in [4.69, 9.17) is 24.7 Å². The molecular weight excluding hydrogens is 570 g/mol. The van der Waals surface area contributed by atoms with E-state index in [0.29, 0.717) is 5.56 Å². The fourth-order valence-electron chi connectivity index (χ4n) is 4.81. The first-order valence-electron chi connectivity index (χ1n) is 13.5. The molecule has 44 heavy (non-hydrogen) atoms. The van der Waals surface area contributed by atoms with Gasteiger partial charge in [-0.15, -0.1) is 5.10 Å². The van der Waals surface area contributed by atoms with Gasteiger partial charge in [-0.3, -0.25) is 4.79 Å². The van der Waals surface area contributed by atoms with E-state index in [1.54, 1.807) is 91.0 Å². The standard InChI is InChI=1S/C31H25N5O8/c32-23-16-21-24(27(37)33-23)34-35-36(21)28-26(44-31(40)20-14-8-3-9-15-20)25(43-30(39)19-12-6-2-7-13-19)22(42-28)17-41-29(38)18-10-4-1-5-11-18/h1-16,22,25-26,28H,17H2,(H3,32,33,37)/t22-,25-,26-,28-/m1/s1. The van der Waals surface area contributed by atoms with Gasteiger partial charge in [-0.1, -0.05) is 59.8 Å². The van der Waals surface area contributed by atoms with E-state index in [-0.39, 0.29) is 34.6 Å². The van der Waals surface area contributed by atoms with Gasteiger partial charge in [0.15, 0.2) is 24.0 Å². The van der Waals surface area contributed by atoms with Crippen molar-refractivity contribution >= 4 is 34.8 Å². The Labute approximate surface area is 249 Å². The number of H-pyrrole nitrogens is 1. The summed E-state index contributed by atoms with van der Waals surface area (Å²) in [6, 6.07) is 26.1. The molecule has 0 amide bonds. The minimum atomic E-state index is -1.33. The van der Waals surface area contributed by atoms with Crippen LogP contribution in [0, 0.1) is 0 Å². The highest BCUT2D eigenvalue weighted by molar-refractivity contribution is 5.91. The Bertz CT molecular complexity index is 1860. The molecule has 0 radical (unpaired) electrons. The van der Waals surface area contributed by atoms with E-state index < -0.39 is 48.0 Å². The first-order chi connectivity index (χ1) is 21.4. The van der Waals surface area contributed by atoms with Crippen LogP contribution in [0.1, 0.15) is 37.3 Å². The highest BCUT2D eigenvalue weighted by atomic mass is 16.7. The lowest BCUT2D eigenvalue weighted by molar-refractivity contribution is -0.0659. The van der Waals surface area contributed by atoms with Crippen molar-refractivity contribution in [2.24, 2.45) is 0 Å². The van der Waals surface area contributed by atoms with Crippen molar-refractivity contribution in [3.05, 3.63) is 124 Å². The van der Waals surface area contributed by atoms with Crippen LogP contribution in [-0.4, -0.2) is 62.8 Å². The summed E-state index contributed by atoms with van der Waals surface area (Å²) < 4.78 is 24.8. The predicted octanol–water partition coefficient (Wildman–Crippen LogP) is 2.91. The molecule has 13 heteroatoms. The number of pyridine rings is 1. The van der Waals surface area contributed by atoms with Crippen molar-refractivity contribution in [1.82, 2.24) is 20.0 Å². The summed E-state index contributed by atoms with van der Waals surface area (Å²) in [6.45, 7) is -0.383. The lowest BCUT2D eigenvalue weighted by atomic mass is 10.1. The number of carbonyl (C=O) groups excluding carboxylic acids is 3. The van der Waals surface area contributed by atoms with Crippen molar-refractivity contribution in [1.29, 1.82) is 0 Å². The lowest BCUT2D eigenvalue weighted by Crippen LogP contribution is -2.41. The average molecular weight is 596 g/mol. The Balaban J connectivity index is 1.39. The number of anilines is 1. The van der Waals surface area contributed by atoms with Gasteiger partial charge >= 0.3 is 17.9 Å². The molecular formula is C31H25N5O8. The minimum absolute atomic E-state index is 0.0299. The third kappa shape index (κ3) is 5.76.